The van der Waals surface area contributed by atoms with Gasteiger partial charge in [-0.25, -0.2) is 14.0 Å². The zero-order valence-electron chi connectivity index (χ0n) is 12.3. The van der Waals surface area contributed by atoms with Crippen LogP contribution in [0.2, 0.25) is 0 Å². The summed E-state index contributed by atoms with van der Waals surface area (Å²) in [7, 11) is 0. The second-order valence-corrected chi connectivity index (χ2v) is 5.00. The minimum absolute atomic E-state index is 0.0177. The summed E-state index contributed by atoms with van der Waals surface area (Å²) in [6.07, 6.45) is 0.170. The van der Waals surface area contributed by atoms with Crippen molar-refractivity contribution < 1.29 is 19.1 Å². The van der Waals surface area contributed by atoms with Crippen molar-refractivity contribution in [2.75, 3.05) is 0 Å². The number of nitrogens with one attached hydrogen (secondary N) is 2. The molecule has 0 bridgehead atoms. The van der Waals surface area contributed by atoms with Crippen molar-refractivity contribution in [1.82, 2.24) is 10.6 Å². The second-order valence-electron chi connectivity index (χ2n) is 5.00. The van der Waals surface area contributed by atoms with Gasteiger partial charge in [0.1, 0.15) is 11.9 Å². The second kappa shape index (κ2) is 7.93. The maximum atomic E-state index is 13.5. The van der Waals surface area contributed by atoms with Crippen LogP contribution in [0.1, 0.15) is 11.1 Å². The van der Waals surface area contributed by atoms with Crippen molar-refractivity contribution >= 4 is 12.0 Å². The van der Waals surface area contributed by atoms with Crippen LogP contribution in [0.15, 0.2) is 54.6 Å². The Kier molecular flexibility index (Phi) is 5.68. The lowest BCUT2D eigenvalue weighted by atomic mass is 10.1. The van der Waals surface area contributed by atoms with Crippen molar-refractivity contribution in [3.8, 4) is 0 Å². The first-order chi connectivity index (χ1) is 11.1. The molecule has 0 radical (unpaired) electrons. The van der Waals surface area contributed by atoms with E-state index >= 15 is 0 Å². The van der Waals surface area contributed by atoms with Crippen LogP contribution < -0.4 is 10.6 Å². The molecular formula is C17H17FN2O3. The largest absolute Gasteiger partial charge is 0.480 e. The van der Waals surface area contributed by atoms with E-state index in [1.54, 1.807) is 42.5 Å². The van der Waals surface area contributed by atoms with E-state index < -0.39 is 23.9 Å². The zero-order chi connectivity index (χ0) is 16.7. The topological polar surface area (TPSA) is 78.4 Å². The molecule has 3 N–H and O–H groups in total. The van der Waals surface area contributed by atoms with Crippen molar-refractivity contribution in [2.24, 2.45) is 0 Å². The van der Waals surface area contributed by atoms with Gasteiger partial charge in [0.25, 0.3) is 0 Å². The van der Waals surface area contributed by atoms with Crippen molar-refractivity contribution in [2.45, 2.75) is 19.0 Å². The fourth-order valence-corrected chi connectivity index (χ4v) is 2.08. The SMILES string of the molecule is O=C(NCc1ccccc1F)NC(Cc1ccccc1)C(=O)O. The molecule has 2 aromatic rings. The van der Waals surface area contributed by atoms with Crippen LogP contribution in [0.4, 0.5) is 9.18 Å². The molecule has 2 rings (SSSR count). The Morgan fingerprint density at radius 1 is 1.04 bits per heavy atom. The van der Waals surface area contributed by atoms with Gasteiger partial charge in [-0.05, 0) is 11.6 Å². The highest BCUT2D eigenvalue weighted by atomic mass is 19.1. The Morgan fingerprint density at radius 2 is 1.70 bits per heavy atom. The quantitative estimate of drug-likeness (QED) is 0.765. The van der Waals surface area contributed by atoms with Crippen LogP contribution in [0, 0.1) is 5.82 Å². The lowest BCUT2D eigenvalue weighted by molar-refractivity contribution is -0.139. The third kappa shape index (κ3) is 5.10. The van der Waals surface area contributed by atoms with Gasteiger partial charge in [0.05, 0.1) is 0 Å². The Balaban J connectivity index is 1.91. The van der Waals surface area contributed by atoms with E-state index in [2.05, 4.69) is 10.6 Å². The van der Waals surface area contributed by atoms with E-state index in [0.717, 1.165) is 5.56 Å². The number of carboxylic acids is 1. The number of hydrogen-bond acceptors (Lipinski definition) is 2. The van der Waals surface area contributed by atoms with Crippen LogP contribution >= 0.6 is 0 Å². The Labute approximate surface area is 133 Å². The molecule has 2 amide bonds. The highest BCUT2D eigenvalue weighted by Gasteiger charge is 2.20. The number of hydrogen-bond donors (Lipinski definition) is 3. The minimum Gasteiger partial charge on any atom is -0.480 e. The Hall–Kier alpha value is -2.89. The van der Waals surface area contributed by atoms with Gasteiger partial charge in [0, 0.05) is 18.5 Å². The predicted molar refractivity (Wildman–Crippen MR) is 83.3 cm³/mol. The first kappa shape index (κ1) is 16.5. The fourth-order valence-electron chi connectivity index (χ4n) is 2.08. The number of rotatable bonds is 6. The lowest BCUT2D eigenvalue weighted by Gasteiger charge is -2.15. The van der Waals surface area contributed by atoms with Gasteiger partial charge in [0.15, 0.2) is 0 Å². The maximum Gasteiger partial charge on any atom is 0.326 e. The number of aliphatic carboxylic acids is 1. The van der Waals surface area contributed by atoms with Gasteiger partial charge in [-0.15, -0.1) is 0 Å². The number of carbonyl (C=O) groups is 2. The van der Waals surface area contributed by atoms with Gasteiger partial charge in [-0.3, -0.25) is 0 Å². The molecule has 0 aliphatic rings. The summed E-state index contributed by atoms with van der Waals surface area (Å²) in [6, 6.07) is 13.3. The molecule has 2 aromatic carbocycles. The van der Waals surface area contributed by atoms with Crippen LogP contribution in [0.5, 0.6) is 0 Å². The molecule has 0 fully saturated rings. The van der Waals surface area contributed by atoms with E-state index in [1.807, 2.05) is 6.07 Å². The number of halogens is 1. The molecule has 1 unspecified atom stereocenters. The minimum atomic E-state index is -1.13. The number of carboxylic acid groups (broad SMARTS) is 1. The van der Waals surface area contributed by atoms with Crippen molar-refractivity contribution in [3.63, 3.8) is 0 Å². The molecule has 6 heteroatoms. The third-order valence-electron chi connectivity index (χ3n) is 3.28. The summed E-state index contributed by atoms with van der Waals surface area (Å²) in [6.45, 7) is -0.0177. The summed E-state index contributed by atoms with van der Waals surface area (Å²) in [5, 5.41) is 14.1. The standard InChI is InChI=1S/C17H17FN2O3/c18-14-9-5-4-8-13(14)11-19-17(23)20-15(16(21)22)10-12-6-2-1-3-7-12/h1-9,15H,10-11H2,(H,21,22)(H2,19,20,23). The molecule has 0 aliphatic carbocycles. The average Bonchev–Trinajstić information content (AvgIpc) is 2.54. The summed E-state index contributed by atoms with van der Waals surface area (Å²) in [5.74, 6) is -1.55. The van der Waals surface area contributed by atoms with Crippen LogP contribution in [-0.2, 0) is 17.8 Å². The van der Waals surface area contributed by atoms with E-state index in [-0.39, 0.29) is 13.0 Å². The number of urea groups is 1. The van der Waals surface area contributed by atoms with Crippen molar-refractivity contribution in [3.05, 3.63) is 71.5 Å². The monoisotopic (exact) mass is 316 g/mol. The normalized spacial score (nSPS) is 11.5. The first-order valence-corrected chi connectivity index (χ1v) is 7.11. The first-order valence-electron chi connectivity index (χ1n) is 7.11. The summed E-state index contributed by atoms with van der Waals surface area (Å²) < 4.78 is 13.5. The molecule has 0 saturated carbocycles. The van der Waals surface area contributed by atoms with Gasteiger partial charge >= 0.3 is 12.0 Å². The third-order valence-corrected chi connectivity index (χ3v) is 3.28. The smallest absolute Gasteiger partial charge is 0.326 e. The lowest BCUT2D eigenvalue weighted by Crippen LogP contribution is -2.46. The molecule has 0 aliphatic heterocycles. The molecular weight excluding hydrogens is 299 g/mol. The van der Waals surface area contributed by atoms with Crippen LogP contribution in [0.25, 0.3) is 0 Å². The van der Waals surface area contributed by atoms with E-state index in [0.29, 0.717) is 5.56 Å². The molecule has 0 saturated heterocycles. The van der Waals surface area contributed by atoms with E-state index in [1.165, 1.54) is 6.07 Å². The van der Waals surface area contributed by atoms with Crippen LogP contribution in [-0.4, -0.2) is 23.1 Å². The molecule has 120 valence electrons. The number of carbonyl (C=O) groups excluding carboxylic acids is 1. The van der Waals surface area contributed by atoms with E-state index in [4.69, 9.17) is 0 Å². The van der Waals surface area contributed by atoms with Gasteiger partial charge in [-0.1, -0.05) is 48.5 Å². The van der Waals surface area contributed by atoms with E-state index in [9.17, 15) is 19.1 Å². The molecule has 0 aromatic heterocycles. The van der Waals surface area contributed by atoms with Gasteiger partial charge in [0.2, 0.25) is 0 Å². The molecule has 5 nitrogen and oxygen atoms in total. The van der Waals surface area contributed by atoms with Gasteiger partial charge < -0.3 is 15.7 Å². The average molecular weight is 316 g/mol. The highest BCUT2D eigenvalue weighted by Crippen LogP contribution is 2.06. The van der Waals surface area contributed by atoms with Gasteiger partial charge in [-0.2, -0.15) is 0 Å². The molecule has 0 heterocycles. The zero-order valence-corrected chi connectivity index (χ0v) is 12.3. The molecule has 0 spiro atoms. The number of amides is 2. The molecule has 23 heavy (non-hydrogen) atoms. The molecule has 1 atom stereocenters. The Morgan fingerprint density at radius 3 is 2.35 bits per heavy atom. The summed E-state index contributed by atoms with van der Waals surface area (Å²) in [5.41, 5.74) is 1.13. The summed E-state index contributed by atoms with van der Waals surface area (Å²) >= 11 is 0. The van der Waals surface area contributed by atoms with Crippen LogP contribution in [0.3, 0.4) is 0 Å². The van der Waals surface area contributed by atoms with Crippen molar-refractivity contribution in [1.29, 1.82) is 0 Å². The summed E-state index contributed by atoms with van der Waals surface area (Å²) in [4.78, 5) is 23.1. The fraction of sp³-hybridized carbons (Fsp3) is 0.176. The predicted octanol–water partition coefficient (Wildman–Crippen LogP) is 2.32. The Bertz CT molecular complexity index is 677. The highest BCUT2D eigenvalue weighted by molar-refractivity contribution is 5.82. The maximum absolute atomic E-state index is 13.5. The number of benzene rings is 2.